The van der Waals surface area contributed by atoms with E-state index in [-0.39, 0.29) is 5.91 Å². The van der Waals surface area contributed by atoms with Crippen molar-refractivity contribution in [2.75, 3.05) is 13.6 Å². The maximum atomic E-state index is 11.8. The Labute approximate surface area is 115 Å². The Hall–Kier alpha value is -1.35. The van der Waals surface area contributed by atoms with Gasteiger partial charge in [0.15, 0.2) is 0 Å². The van der Waals surface area contributed by atoms with Gasteiger partial charge in [-0.3, -0.25) is 4.79 Å². The molecule has 0 aliphatic heterocycles. The lowest BCUT2D eigenvalue weighted by Gasteiger charge is -2.21. The van der Waals surface area contributed by atoms with Crippen LogP contribution in [-0.4, -0.2) is 25.5 Å². The minimum absolute atomic E-state index is 0.180. The molecule has 0 bridgehead atoms. The Bertz CT molecular complexity index is 391. The van der Waals surface area contributed by atoms with Crippen molar-refractivity contribution in [2.45, 2.75) is 38.1 Å². The summed E-state index contributed by atoms with van der Waals surface area (Å²) in [4.78, 5) is 11.8. The fourth-order valence-corrected chi connectivity index (χ4v) is 2.91. The maximum Gasteiger partial charge on any atom is 0.221 e. The van der Waals surface area contributed by atoms with Crippen LogP contribution in [0.25, 0.3) is 0 Å². The van der Waals surface area contributed by atoms with Crippen LogP contribution in [0, 0.1) is 5.92 Å². The van der Waals surface area contributed by atoms with Crippen LogP contribution in [0.1, 0.15) is 31.2 Å². The Morgan fingerprint density at radius 3 is 2.79 bits per heavy atom. The second-order valence-corrected chi connectivity index (χ2v) is 5.41. The van der Waals surface area contributed by atoms with E-state index in [9.17, 15) is 4.79 Å². The molecule has 19 heavy (non-hydrogen) atoms. The Kier molecular flexibility index (Phi) is 5.40. The van der Waals surface area contributed by atoms with Crippen molar-refractivity contribution >= 4 is 5.91 Å². The third kappa shape index (κ3) is 4.35. The molecule has 2 unspecified atom stereocenters. The molecule has 0 radical (unpaired) electrons. The number of hydrogen-bond acceptors (Lipinski definition) is 2. The molecule has 2 atom stereocenters. The van der Waals surface area contributed by atoms with E-state index in [0.717, 1.165) is 19.4 Å². The SMILES string of the molecule is CNCCC(=O)NC1CCCC1Cc1ccccc1. The van der Waals surface area contributed by atoms with Crippen molar-refractivity contribution in [3.05, 3.63) is 35.9 Å². The van der Waals surface area contributed by atoms with E-state index < -0.39 is 0 Å². The van der Waals surface area contributed by atoms with Gasteiger partial charge in [0.05, 0.1) is 0 Å². The number of nitrogens with one attached hydrogen (secondary N) is 2. The zero-order valence-electron chi connectivity index (χ0n) is 11.7. The largest absolute Gasteiger partial charge is 0.353 e. The van der Waals surface area contributed by atoms with Gasteiger partial charge in [-0.1, -0.05) is 36.8 Å². The maximum absolute atomic E-state index is 11.8. The molecule has 1 aromatic rings. The van der Waals surface area contributed by atoms with Crippen LogP contribution in [0.5, 0.6) is 0 Å². The number of benzene rings is 1. The summed E-state index contributed by atoms with van der Waals surface area (Å²) in [6, 6.07) is 10.9. The topological polar surface area (TPSA) is 41.1 Å². The van der Waals surface area contributed by atoms with Gasteiger partial charge in [0.2, 0.25) is 5.91 Å². The van der Waals surface area contributed by atoms with Crippen molar-refractivity contribution in [3.8, 4) is 0 Å². The van der Waals surface area contributed by atoms with Gasteiger partial charge in [-0.25, -0.2) is 0 Å². The molecule has 1 amide bonds. The Morgan fingerprint density at radius 1 is 1.26 bits per heavy atom. The number of rotatable bonds is 6. The van der Waals surface area contributed by atoms with Crippen molar-refractivity contribution in [1.82, 2.24) is 10.6 Å². The minimum Gasteiger partial charge on any atom is -0.353 e. The molecule has 1 aromatic carbocycles. The summed E-state index contributed by atoms with van der Waals surface area (Å²) in [5.41, 5.74) is 1.38. The Balaban J connectivity index is 1.85. The normalized spacial score (nSPS) is 22.4. The van der Waals surface area contributed by atoms with E-state index >= 15 is 0 Å². The summed E-state index contributed by atoms with van der Waals surface area (Å²) in [6.45, 7) is 0.752. The monoisotopic (exact) mass is 260 g/mol. The number of carbonyl (C=O) groups excluding carboxylic acids is 1. The van der Waals surface area contributed by atoms with Crippen molar-refractivity contribution in [1.29, 1.82) is 0 Å². The van der Waals surface area contributed by atoms with Gasteiger partial charge in [0, 0.05) is 19.0 Å². The average molecular weight is 260 g/mol. The number of carbonyl (C=O) groups is 1. The molecule has 1 aliphatic rings. The highest BCUT2D eigenvalue weighted by atomic mass is 16.1. The number of amides is 1. The predicted octanol–water partition coefficient (Wildman–Crippen LogP) is 2.12. The van der Waals surface area contributed by atoms with Crippen molar-refractivity contribution < 1.29 is 4.79 Å². The van der Waals surface area contributed by atoms with Crippen molar-refractivity contribution in [2.24, 2.45) is 5.92 Å². The smallest absolute Gasteiger partial charge is 0.221 e. The van der Waals surface area contributed by atoms with Crippen LogP contribution >= 0.6 is 0 Å². The minimum atomic E-state index is 0.180. The summed E-state index contributed by atoms with van der Waals surface area (Å²) in [6.07, 6.45) is 5.24. The van der Waals surface area contributed by atoms with Crippen LogP contribution in [0.2, 0.25) is 0 Å². The van der Waals surface area contributed by atoms with Gasteiger partial charge in [-0.05, 0) is 37.8 Å². The second kappa shape index (κ2) is 7.29. The summed E-state index contributed by atoms with van der Waals surface area (Å²) >= 11 is 0. The van der Waals surface area contributed by atoms with Gasteiger partial charge in [0.25, 0.3) is 0 Å². The summed E-state index contributed by atoms with van der Waals surface area (Å²) in [5.74, 6) is 0.778. The molecular weight excluding hydrogens is 236 g/mol. The summed E-state index contributed by atoms with van der Waals surface area (Å²) < 4.78 is 0. The van der Waals surface area contributed by atoms with Crippen LogP contribution in [0.15, 0.2) is 30.3 Å². The van der Waals surface area contributed by atoms with Crippen molar-refractivity contribution in [3.63, 3.8) is 0 Å². The molecule has 0 spiro atoms. The van der Waals surface area contributed by atoms with E-state index in [4.69, 9.17) is 0 Å². The van der Waals surface area contributed by atoms with Crippen LogP contribution in [0.4, 0.5) is 0 Å². The molecule has 0 saturated heterocycles. The first-order valence-electron chi connectivity index (χ1n) is 7.27. The molecular formula is C16H24N2O. The summed E-state index contributed by atoms with van der Waals surface area (Å²) in [7, 11) is 1.88. The fourth-order valence-electron chi connectivity index (χ4n) is 2.91. The highest BCUT2D eigenvalue weighted by Crippen LogP contribution is 2.28. The van der Waals surface area contributed by atoms with E-state index in [1.807, 2.05) is 7.05 Å². The Morgan fingerprint density at radius 2 is 2.05 bits per heavy atom. The molecule has 3 nitrogen and oxygen atoms in total. The molecule has 1 aliphatic carbocycles. The molecule has 1 fully saturated rings. The first kappa shape index (κ1) is 14.1. The molecule has 0 heterocycles. The molecule has 104 valence electrons. The third-order valence-corrected chi connectivity index (χ3v) is 3.95. The molecule has 2 rings (SSSR count). The second-order valence-electron chi connectivity index (χ2n) is 5.41. The van der Waals surface area contributed by atoms with Gasteiger partial charge >= 0.3 is 0 Å². The number of hydrogen-bond donors (Lipinski definition) is 2. The van der Waals surface area contributed by atoms with E-state index in [1.54, 1.807) is 0 Å². The molecule has 2 N–H and O–H groups in total. The van der Waals surface area contributed by atoms with Crippen LogP contribution in [0.3, 0.4) is 0 Å². The van der Waals surface area contributed by atoms with Crippen LogP contribution < -0.4 is 10.6 Å². The van der Waals surface area contributed by atoms with Gasteiger partial charge in [-0.2, -0.15) is 0 Å². The van der Waals surface area contributed by atoms with E-state index in [1.165, 1.54) is 18.4 Å². The zero-order chi connectivity index (χ0) is 13.5. The standard InChI is InChI=1S/C16H24N2O/c1-17-11-10-16(19)18-15-9-5-8-14(15)12-13-6-3-2-4-7-13/h2-4,6-7,14-15,17H,5,8-12H2,1H3,(H,18,19). The average Bonchev–Trinajstić information content (AvgIpc) is 2.85. The van der Waals surface area contributed by atoms with E-state index in [0.29, 0.717) is 18.4 Å². The van der Waals surface area contributed by atoms with Gasteiger partial charge in [-0.15, -0.1) is 0 Å². The quantitative estimate of drug-likeness (QED) is 0.822. The predicted molar refractivity (Wildman–Crippen MR) is 78.0 cm³/mol. The molecule has 0 aromatic heterocycles. The van der Waals surface area contributed by atoms with E-state index in [2.05, 4.69) is 41.0 Å². The molecule has 3 heteroatoms. The highest BCUT2D eigenvalue weighted by Gasteiger charge is 2.28. The summed E-state index contributed by atoms with van der Waals surface area (Å²) in [5, 5.41) is 6.22. The highest BCUT2D eigenvalue weighted by molar-refractivity contribution is 5.76. The molecule has 1 saturated carbocycles. The fraction of sp³-hybridized carbons (Fsp3) is 0.562. The van der Waals surface area contributed by atoms with Gasteiger partial charge < -0.3 is 10.6 Å². The van der Waals surface area contributed by atoms with Gasteiger partial charge in [0.1, 0.15) is 0 Å². The first-order valence-corrected chi connectivity index (χ1v) is 7.27. The lowest BCUT2D eigenvalue weighted by Crippen LogP contribution is -2.39. The zero-order valence-corrected chi connectivity index (χ0v) is 11.7. The lowest BCUT2D eigenvalue weighted by molar-refractivity contribution is -0.121. The van der Waals surface area contributed by atoms with Crippen LogP contribution in [-0.2, 0) is 11.2 Å². The lowest BCUT2D eigenvalue weighted by atomic mass is 9.94. The third-order valence-electron chi connectivity index (χ3n) is 3.95. The first-order chi connectivity index (χ1) is 9.29.